The summed E-state index contributed by atoms with van der Waals surface area (Å²) < 4.78 is 2.12. The first-order valence-corrected chi connectivity index (χ1v) is 9.95. The zero-order chi connectivity index (χ0) is 19.5. The first-order chi connectivity index (χ1) is 13.7. The van der Waals surface area contributed by atoms with Gasteiger partial charge in [-0.05, 0) is 36.2 Å². The second kappa shape index (κ2) is 8.03. The van der Waals surface area contributed by atoms with Crippen LogP contribution in [0.5, 0.6) is 0 Å². The summed E-state index contributed by atoms with van der Waals surface area (Å²) in [5, 5.41) is 1.79. The van der Waals surface area contributed by atoms with Crippen LogP contribution in [0, 0.1) is 0 Å². The van der Waals surface area contributed by atoms with Gasteiger partial charge in [0.25, 0.3) is 0 Å². The smallest absolute Gasteiger partial charge is 0.150 e. The maximum absolute atomic E-state index is 6.09. The van der Waals surface area contributed by atoms with Crippen molar-refractivity contribution in [3.63, 3.8) is 0 Å². The van der Waals surface area contributed by atoms with Gasteiger partial charge in [-0.3, -0.25) is 0 Å². The molecule has 0 spiro atoms. The van der Waals surface area contributed by atoms with Crippen molar-refractivity contribution in [1.82, 2.24) is 14.5 Å². The number of anilines is 1. The van der Waals surface area contributed by atoms with E-state index in [2.05, 4.69) is 63.9 Å². The monoisotopic (exact) mass is 390 g/mol. The predicted molar refractivity (Wildman–Crippen MR) is 117 cm³/mol. The van der Waals surface area contributed by atoms with Crippen LogP contribution in [0.25, 0.3) is 27.8 Å². The van der Waals surface area contributed by atoms with Crippen LogP contribution in [0.1, 0.15) is 19.8 Å². The Morgan fingerprint density at radius 2 is 1.75 bits per heavy atom. The summed E-state index contributed by atoms with van der Waals surface area (Å²) in [5.41, 5.74) is 4.21. The highest BCUT2D eigenvalue weighted by atomic mass is 35.5. The third-order valence-corrected chi connectivity index (χ3v) is 5.21. The van der Waals surface area contributed by atoms with Crippen LogP contribution in [0.2, 0.25) is 5.02 Å². The van der Waals surface area contributed by atoms with E-state index in [0.717, 1.165) is 58.1 Å². The molecule has 0 atom stereocenters. The minimum atomic E-state index is 0.720. The van der Waals surface area contributed by atoms with Crippen molar-refractivity contribution in [3.05, 3.63) is 72.1 Å². The maximum Gasteiger partial charge on any atom is 0.150 e. The zero-order valence-electron chi connectivity index (χ0n) is 16.1. The van der Waals surface area contributed by atoms with Gasteiger partial charge in [0.15, 0.2) is 5.65 Å². The Bertz CT molecular complexity index is 1070. The molecule has 0 amide bonds. The van der Waals surface area contributed by atoms with Gasteiger partial charge in [-0.2, -0.15) is 0 Å². The number of nitrogens with zero attached hydrogens (tertiary/aromatic N) is 4. The first kappa shape index (κ1) is 18.5. The lowest BCUT2D eigenvalue weighted by Gasteiger charge is -2.19. The Kier molecular flexibility index (Phi) is 5.31. The molecule has 28 heavy (non-hydrogen) atoms. The van der Waals surface area contributed by atoms with Crippen molar-refractivity contribution in [2.75, 3.05) is 18.5 Å². The van der Waals surface area contributed by atoms with E-state index in [1.807, 2.05) is 30.3 Å². The van der Waals surface area contributed by atoms with E-state index < -0.39 is 0 Å². The Morgan fingerprint density at radius 1 is 1.00 bits per heavy atom. The van der Waals surface area contributed by atoms with E-state index in [-0.39, 0.29) is 0 Å². The number of hydrogen-bond donors (Lipinski definition) is 0. The summed E-state index contributed by atoms with van der Waals surface area (Å²) in [6, 6.07) is 18.2. The second-order valence-electron chi connectivity index (χ2n) is 6.93. The van der Waals surface area contributed by atoms with E-state index in [1.54, 1.807) is 6.33 Å². The lowest BCUT2D eigenvalue weighted by molar-refractivity contribution is 0.761. The van der Waals surface area contributed by atoms with Gasteiger partial charge < -0.3 is 9.47 Å². The Labute approximate surface area is 170 Å². The maximum atomic E-state index is 6.09. The summed E-state index contributed by atoms with van der Waals surface area (Å²) in [6.45, 7) is 3.17. The number of hydrogen-bond acceptors (Lipinski definition) is 3. The molecule has 2 heterocycles. The van der Waals surface area contributed by atoms with Crippen LogP contribution in [-0.4, -0.2) is 28.1 Å². The molecule has 4 rings (SSSR count). The number of aromatic nitrogens is 3. The van der Waals surface area contributed by atoms with Gasteiger partial charge >= 0.3 is 0 Å². The van der Waals surface area contributed by atoms with E-state index >= 15 is 0 Å². The molecule has 4 aromatic rings. The SMILES string of the molecule is CCCCN(C)c1ncnc2c1c(-c1ccccc1)cn2-c1ccc(Cl)cc1. The Balaban J connectivity index is 1.96. The number of rotatable bonds is 6. The molecule has 0 bridgehead atoms. The van der Waals surface area contributed by atoms with Crippen molar-refractivity contribution in [2.24, 2.45) is 0 Å². The number of benzene rings is 2. The number of unbranched alkanes of at least 4 members (excludes halogenated alkanes) is 1. The molecule has 4 nitrogen and oxygen atoms in total. The van der Waals surface area contributed by atoms with Gasteiger partial charge in [0.05, 0.1) is 5.39 Å². The standard InChI is InChI=1S/C23H23ClN4/c1-3-4-14-27(2)22-21-20(17-8-6-5-7-9-17)15-28(23(21)26-16-25-22)19-12-10-18(24)11-13-19/h5-13,15-16H,3-4,14H2,1-2H3. The van der Waals surface area contributed by atoms with E-state index in [0.29, 0.717) is 0 Å². The van der Waals surface area contributed by atoms with Crippen molar-refractivity contribution >= 4 is 28.5 Å². The second-order valence-corrected chi connectivity index (χ2v) is 7.36. The normalized spacial score (nSPS) is 11.1. The van der Waals surface area contributed by atoms with Crippen LogP contribution in [0.4, 0.5) is 5.82 Å². The largest absolute Gasteiger partial charge is 0.359 e. The molecule has 0 saturated carbocycles. The average Bonchev–Trinajstić information content (AvgIpc) is 3.13. The lowest BCUT2D eigenvalue weighted by Crippen LogP contribution is -2.20. The summed E-state index contributed by atoms with van der Waals surface area (Å²) in [7, 11) is 2.10. The van der Waals surface area contributed by atoms with Crippen LogP contribution in [0.3, 0.4) is 0 Å². The molecule has 5 heteroatoms. The number of fused-ring (bicyclic) bond motifs is 1. The summed E-state index contributed by atoms with van der Waals surface area (Å²) in [4.78, 5) is 11.5. The van der Waals surface area contributed by atoms with Crippen molar-refractivity contribution in [3.8, 4) is 16.8 Å². The fourth-order valence-corrected chi connectivity index (χ4v) is 3.60. The fourth-order valence-electron chi connectivity index (χ4n) is 3.47. The summed E-state index contributed by atoms with van der Waals surface area (Å²) in [6.07, 6.45) is 6.08. The highest BCUT2D eigenvalue weighted by molar-refractivity contribution is 6.30. The van der Waals surface area contributed by atoms with E-state index in [9.17, 15) is 0 Å². The number of halogens is 1. The summed E-state index contributed by atoms with van der Waals surface area (Å²) >= 11 is 6.09. The third-order valence-electron chi connectivity index (χ3n) is 4.96. The first-order valence-electron chi connectivity index (χ1n) is 9.57. The Morgan fingerprint density at radius 3 is 2.46 bits per heavy atom. The topological polar surface area (TPSA) is 34.0 Å². The van der Waals surface area contributed by atoms with Crippen LogP contribution < -0.4 is 4.90 Å². The molecule has 0 unspecified atom stereocenters. The van der Waals surface area contributed by atoms with E-state index in [1.165, 1.54) is 0 Å². The highest BCUT2D eigenvalue weighted by Gasteiger charge is 2.19. The van der Waals surface area contributed by atoms with Gasteiger partial charge in [-0.1, -0.05) is 55.3 Å². The summed E-state index contributed by atoms with van der Waals surface area (Å²) in [5.74, 6) is 0.963. The molecule has 0 saturated heterocycles. The van der Waals surface area contributed by atoms with Crippen LogP contribution in [-0.2, 0) is 0 Å². The molecular weight excluding hydrogens is 368 g/mol. The Hall–Kier alpha value is -2.85. The van der Waals surface area contributed by atoms with Crippen LogP contribution >= 0.6 is 11.6 Å². The molecule has 2 aromatic carbocycles. The van der Waals surface area contributed by atoms with Gasteiger partial charge in [0, 0.05) is 36.1 Å². The lowest BCUT2D eigenvalue weighted by atomic mass is 10.1. The molecule has 0 aliphatic carbocycles. The average molecular weight is 391 g/mol. The third kappa shape index (κ3) is 3.48. The van der Waals surface area contributed by atoms with Crippen LogP contribution in [0.15, 0.2) is 67.1 Å². The van der Waals surface area contributed by atoms with Gasteiger partial charge in [-0.15, -0.1) is 0 Å². The van der Waals surface area contributed by atoms with Gasteiger partial charge in [0.2, 0.25) is 0 Å². The van der Waals surface area contributed by atoms with E-state index in [4.69, 9.17) is 11.6 Å². The van der Waals surface area contributed by atoms with Crippen molar-refractivity contribution in [2.45, 2.75) is 19.8 Å². The molecular formula is C23H23ClN4. The molecule has 142 valence electrons. The quantitative estimate of drug-likeness (QED) is 0.406. The highest BCUT2D eigenvalue weighted by Crippen LogP contribution is 2.36. The predicted octanol–water partition coefficient (Wildman–Crippen LogP) is 5.98. The minimum absolute atomic E-state index is 0.720. The molecule has 2 aromatic heterocycles. The zero-order valence-corrected chi connectivity index (χ0v) is 16.9. The molecule has 0 N–H and O–H groups in total. The van der Waals surface area contributed by atoms with Crippen molar-refractivity contribution < 1.29 is 0 Å². The van der Waals surface area contributed by atoms with Gasteiger partial charge in [-0.25, -0.2) is 9.97 Å². The molecule has 0 aliphatic rings. The van der Waals surface area contributed by atoms with Crippen molar-refractivity contribution in [1.29, 1.82) is 0 Å². The van der Waals surface area contributed by atoms with Gasteiger partial charge in [0.1, 0.15) is 12.1 Å². The molecule has 0 radical (unpaired) electrons. The fraction of sp³-hybridized carbons (Fsp3) is 0.217. The molecule has 0 aliphatic heterocycles. The minimum Gasteiger partial charge on any atom is -0.359 e. The molecule has 0 fully saturated rings.